The van der Waals surface area contributed by atoms with Crippen molar-refractivity contribution in [3.05, 3.63) is 0 Å². The maximum atomic E-state index is 11.3. The molecule has 1 aliphatic rings. The number of nitrogens with zero attached hydrogens (tertiary/aromatic N) is 1. The number of morpholine rings is 1. The first kappa shape index (κ1) is 10.3. The van der Waals surface area contributed by atoms with E-state index in [1.807, 2.05) is 6.92 Å². The maximum Gasteiger partial charge on any atom is 0.409 e. The van der Waals surface area contributed by atoms with E-state index in [2.05, 4.69) is 6.92 Å². The molecule has 0 spiro atoms. The molecule has 0 aromatic rings. The lowest BCUT2D eigenvalue weighted by molar-refractivity contribution is -0.0276. The highest BCUT2D eigenvalue weighted by Crippen LogP contribution is 2.08. The van der Waals surface area contributed by atoms with Crippen LogP contribution in [-0.4, -0.2) is 43.4 Å². The van der Waals surface area contributed by atoms with Crippen LogP contribution < -0.4 is 0 Å². The summed E-state index contributed by atoms with van der Waals surface area (Å²) in [4.78, 5) is 13.0. The molecule has 13 heavy (non-hydrogen) atoms. The van der Waals surface area contributed by atoms with E-state index < -0.39 is 0 Å². The van der Waals surface area contributed by atoms with Crippen molar-refractivity contribution in [1.82, 2.24) is 4.90 Å². The summed E-state index contributed by atoms with van der Waals surface area (Å²) in [5, 5.41) is 0. The first-order valence-corrected chi connectivity index (χ1v) is 4.81. The number of rotatable bonds is 2. The first-order chi connectivity index (χ1) is 6.27. The molecule has 4 heteroatoms. The molecule has 1 aliphatic heterocycles. The summed E-state index contributed by atoms with van der Waals surface area (Å²) in [5.74, 6) is 0. The Morgan fingerprint density at radius 1 is 1.62 bits per heavy atom. The Labute approximate surface area is 78.8 Å². The highest BCUT2D eigenvalue weighted by atomic mass is 16.6. The molecule has 1 saturated heterocycles. The molecule has 1 fully saturated rings. The Kier molecular flexibility index (Phi) is 4.02. The van der Waals surface area contributed by atoms with Gasteiger partial charge in [0, 0.05) is 6.54 Å². The fraction of sp³-hybridized carbons (Fsp3) is 0.889. The van der Waals surface area contributed by atoms with Gasteiger partial charge in [-0.2, -0.15) is 0 Å². The SMILES string of the molecule is CCOC(=O)N1CCOC(CC)C1. The average molecular weight is 187 g/mol. The third-order valence-electron chi connectivity index (χ3n) is 2.12. The summed E-state index contributed by atoms with van der Waals surface area (Å²) in [5.41, 5.74) is 0. The second-order valence-corrected chi connectivity index (χ2v) is 3.05. The van der Waals surface area contributed by atoms with Gasteiger partial charge in [-0.15, -0.1) is 0 Å². The zero-order chi connectivity index (χ0) is 9.68. The molecule has 4 nitrogen and oxygen atoms in total. The normalized spacial score (nSPS) is 22.9. The van der Waals surface area contributed by atoms with Crippen LogP contribution in [0.15, 0.2) is 0 Å². The lowest BCUT2D eigenvalue weighted by Gasteiger charge is -2.31. The Morgan fingerprint density at radius 3 is 3.00 bits per heavy atom. The van der Waals surface area contributed by atoms with Gasteiger partial charge in [-0.25, -0.2) is 4.79 Å². The Morgan fingerprint density at radius 2 is 2.38 bits per heavy atom. The highest BCUT2D eigenvalue weighted by molar-refractivity contribution is 5.67. The first-order valence-electron chi connectivity index (χ1n) is 4.81. The highest BCUT2D eigenvalue weighted by Gasteiger charge is 2.23. The van der Waals surface area contributed by atoms with Crippen molar-refractivity contribution in [2.75, 3.05) is 26.3 Å². The molecule has 76 valence electrons. The molecule has 1 atom stereocenters. The van der Waals surface area contributed by atoms with Crippen LogP contribution in [0.5, 0.6) is 0 Å². The Hall–Kier alpha value is -0.770. The number of hydrogen-bond acceptors (Lipinski definition) is 3. The standard InChI is InChI=1S/C9H17NO3/c1-3-8-7-10(5-6-13-8)9(11)12-4-2/h8H,3-7H2,1-2H3. The van der Waals surface area contributed by atoms with Crippen LogP contribution in [0.3, 0.4) is 0 Å². The third kappa shape index (κ3) is 2.88. The van der Waals surface area contributed by atoms with E-state index in [1.54, 1.807) is 4.90 Å². The summed E-state index contributed by atoms with van der Waals surface area (Å²) in [7, 11) is 0. The van der Waals surface area contributed by atoms with Crippen molar-refractivity contribution < 1.29 is 14.3 Å². The van der Waals surface area contributed by atoms with Gasteiger partial charge in [-0.1, -0.05) is 6.92 Å². The third-order valence-corrected chi connectivity index (χ3v) is 2.12. The number of amides is 1. The van der Waals surface area contributed by atoms with Crippen molar-refractivity contribution in [2.45, 2.75) is 26.4 Å². The molecule has 1 rings (SSSR count). The van der Waals surface area contributed by atoms with E-state index in [4.69, 9.17) is 9.47 Å². The summed E-state index contributed by atoms with van der Waals surface area (Å²) in [6.45, 7) is 6.24. The summed E-state index contributed by atoms with van der Waals surface area (Å²) < 4.78 is 10.3. The average Bonchev–Trinajstić information content (AvgIpc) is 2.18. The lowest BCUT2D eigenvalue weighted by Crippen LogP contribution is -2.45. The molecule has 1 amide bonds. The van der Waals surface area contributed by atoms with E-state index in [0.717, 1.165) is 6.42 Å². The number of ether oxygens (including phenoxy) is 2. The van der Waals surface area contributed by atoms with Crippen LogP contribution in [0.1, 0.15) is 20.3 Å². The molecular formula is C9H17NO3. The van der Waals surface area contributed by atoms with Crippen molar-refractivity contribution in [3.63, 3.8) is 0 Å². The Bertz CT molecular complexity index is 172. The van der Waals surface area contributed by atoms with Crippen molar-refractivity contribution in [1.29, 1.82) is 0 Å². The molecule has 0 radical (unpaired) electrons. The van der Waals surface area contributed by atoms with Crippen LogP contribution in [0.25, 0.3) is 0 Å². The molecule has 0 saturated carbocycles. The van der Waals surface area contributed by atoms with E-state index in [0.29, 0.717) is 26.3 Å². The number of carbonyl (C=O) groups excluding carboxylic acids is 1. The minimum Gasteiger partial charge on any atom is -0.450 e. The molecule has 0 aromatic heterocycles. The molecule has 0 N–H and O–H groups in total. The predicted octanol–water partition coefficient (Wildman–Crippen LogP) is 1.25. The lowest BCUT2D eigenvalue weighted by atomic mass is 10.2. The van der Waals surface area contributed by atoms with Crippen LogP contribution in [0.2, 0.25) is 0 Å². The largest absolute Gasteiger partial charge is 0.450 e. The molecule has 0 aromatic carbocycles. The predicted molar refractivity (Wildman–Crippen MR) is 48.6 cm³/mol. The quantitative estimate of drug-likeness (QED) is 0.653. The van der Waals surface area contributed by atoms with Crippen molar-refractivity contribution in [2.24, 2.45) is 0 Å². The minimum atomic E-state index is -0.218. The van der Waals surface area contributed by atoms with Gasteiger partial charge in [0.15, 0.2) is 0 Å². The topological polar surface area (TPSA) is 38.8 Å². The van der Waals surface area contributed by atoms with Gasteiger partial charge in [0.2, 0.25) is 0 Å². The fourth-order valence-corrected chi connectivity index (χ4v) is 1.35. The fourth-order valence-electron chi connectivity index (χ4n) is 1.35. The van der Waals surface area contributed by atoms with Gasteiger partial charge in [0.1, 0.15) is 0 Å². The van der Waals surface area contributed by atoms with Crippen LogP contribution in [-0.2, 0) is 9.47 Å². The second-order valence-electron chi connectivity index (χ2n) is 3.05. The van der Waals surface area contributed by atoms with Gasteiger partial charge in [0.25, 0.3) is 0 Å². The van der Waals surface area contributed by atoms with Crippen molar-refractivity contribution in [3.8, 4) is 0 Å². The van der Waals surface area contributed by atoms with Crippen LogP contribution in [0.4, 0.5) is 4.79 Å². The smallest absolute Gasteiger partial charge is 0.409 e. The molecule has 0 bridgehead atoms. The summed E-state index contributed by atoms with van der Waals surface area (Å²) in [6, 6.07) is 0. The van der Waals surface area contributed by atoms with Gasteiger partial charge in [-0.05, 0) is 13.3 Å². The van der Waals surface area contributed by atoms with E-state index >= 15 is 0 Å². The van der Waals surface area contributed by atoms with E-state index in [-0.39, 0.29) is 12.2 Å². The number of hydrogen-bond donors (Lipinski definition) is 0. The molecular weight excluding hydrogens is 170 g/mol. The van der Waals surface area contributed by atoms with Crippen molar-refractivity contribution >= 4 is 6.09 Å². The summed E-state index contributed by atoms with van der Waals surface area (Å²) in [6.07, 6.45) is 0.901. The van der Waals surface area contributed by atoms with Gasteiger partial charge in [-0.3, -0.25) is 0 Å². The Balaban J connectivity index is 2.37. The molecule has 1 heterocycles. The van der Waals surface area contributed by atoms with E-state index in [9.17, 15) is 4.79 Å². The van der Waals surface area contributed by atoms with E-state index in [1.165, 1.54) is 0 Å². The summed E-state index contributed by atoms with van der Waals surface area (Å²) >= 11 is 0. The van der Waals surface area contributed by atoms with Gasteiger partial charge >= 0.3 is 6.09 Å². The molecule has 1 unspecified atom stereocenters. The molecule has 0 aliphatic carbocycles. The second kappa shape index (κ2) is 5.07. The monoisotopic (exact) mass is 187 g/mol. The maximum absolute atomic E-state index is 11.3. The zero-order valence-electron chi connectivity index (χ0n) is 8.28. The van der Waals surface area contributed by atoms with Crippen LogP contribution in [0, 0.1) is 0 Å². The van der Waals surface area contributed by atoms with Gasteiger partial charge in [0.05, 0.1) is 25.9 Å². The zero-order valence-corrected chi connectivity index (χ0v) is 8.28. The van der Waals surface area contributed by atoms with Crippen LogP contribution >= 0.6 is 0 Å². The van der Waals surface area contributed by atoms with Gasteiger partial charge < -0.3 is 14.4 Å². The minimum absolute atomic E-state index is 0.179. The number of carbonyl (C=O) groups is 1.